The Balaban J connectivity index is 0.00000127. The van der Waals surface area contributed by atoms with E-state index in [-0.39, 0.29) is 66.9 Å². The number of hydrogen-bond donors (Lipinski definition) is 23. The summed E-state index contributed by atoms with van der Waals surface area (Å²) in [6.45, 7) is 5.75. The van der Waals surface area contributed by atoms with Crippen LogP contribution in [0.1, 0.15) is 34.6 Å². The van der Waals surface area contributed by atoms with Crippen molar-refractivity contribution < 1.29 is 239 Å². The number of nitrogens with one attached hydrogen (secondary N) is 2. The molecule has 15 unspecified atom stereocenters. The fraction of sp³-hybridized carbons (Fsp3) is 0.851. The summed E-state index contributed by atoms with van der Waals surface area (Å²) in [7, 11) is -0.722. The Morgan fingerprint density at radius 1 is 0.456 bits per heavy atom. The number of carboxylic acids is 2. The molecule has 6 saturated heterocycles. The minimum Gasteiger partial charge on any atom is -0.577 e. The maximum absolute atomic E-state index is 11.8. The van der Waals surface area contributed by atoms with Gasteiger partial charge in [-0.2, -0.15) is 0 Å². The predicted molar refractivity (Wildman–Crippen MR) is 282 cm³/mol. The minimum absolute atomic E-state index is 0. The molecule has 43 heteroatoms. The number of aliphatic hydroxyl groups excluding tert-OH is 20. The van der Waals surface area contributed by atoms with Gasteiger partial charge >= 0.3 is 66.0 Å². The molecule has 30 atom stereocenters. The Kier molecular flexibility index (Phi) is 41.2. The Labute approximate surface area is 558 Å². The smallest absolute Gasteiger partial charge is 0.577 e. The maximum Gasteiger partial charge on any atom is 1.00 e. The Morgan fingerprint density at radius 3 is 1.08 bits per heavy atom. The van der Waals surface area contributed by atoms with Crippen LogP contribution in [0, 0.1) is 0 Å². The van der Waals surface area contributed by atoms with Gasteiger partial charge in [0.2, 0.25) is 17.6 Å². The van der Waals surface area contributed by atoms with Gasteiger partial charge in [0.15, 0.2) is 37.7 Å². The molecule has 90 heavy (non-hydrogen) atoms. The van der Waals surface area contributed by atoms with E-state index in [0.29, 0.717) is 0 Å². The third-order valence-electron chi connectivity index (χ3n) is 13.5. The van der Waals surface area contributed by atoms with E-state index in [4.69, 9.17) is 52.8 Å². The van der Waals surface area contributed by atoms with Crippen LogP contribution in [-0.4, -0.2) is 354 Å². The molecule has 6 aliphatic rings. The summed E-state index contributed by atoms with van der Waals surface area (Å²) in [5.74, 6) is -4.61. The average Bonchev–Trinajstić information content (AvgIpc) is 0.931. The van der Waals surface area contributed by atoms with Crippen molar-refractivity contribution in [1.82, 2.24) is 10.6 Å². The first-order valence-electron chi connectivity index (χ1n) is 26.3. The average molecular weight is 1380 g/mol. The number of rotatable bonds is 17. The number of amides is 2. The van der Waals surface area contributed by atoms with Gasteiger partial charge in [0.1, 0.15) is 140 Å². The van der Waals surface area contributed by atoms with Crippen LogP contribution in [0.5, 0.6) is 0 Å². The second-order valence-electron chi connectivity index (χ2n) is 20.1. The fourth-order valence-corrected chi connectivity index (χ4v) is 8.82. The summed E-state index contributed by atoms with van der Waals surface area (Å²) in [5, 5.41) is 218. The zero-order chi connectivity index (χ0) is 67.5. The van der Waals surface area contributed by atoms with E-state index >= 15 is 0 Å². The molecule has 0 aromatic heterocycles. The molecule has 23 N–H and O–H groups in total. The molecule has 520 valence electrons. The normalized spacial score (nSPS) is 41.4. The number of hydrogen-bond acceptors (Lipinski definition) is 37. The van der Waals surface area contributed by atoms with Crippen LogP contribution < -0.4 is 67.1 Å². The van der Waals surface area contributed by atoms with Gasteiger partial charge in [-0.1, -0.05) is 6.58 Å². The van der Waals surface area contributed by atoms with Crippen LogP contribution >= 0.6 is 18.6 Å². The predicted octanol–water partition coefficient (Wildman–Crippen LogP) is -17.3. The monoisotopic (exact) mass is 1380 g/mol. The van der Waals surface area contributed by atoms with Crippen LogP contribution in [0.3, 0.4) is 0 Å². The Bertz CT molecular complexity index is 2140. The molecule has 6 fully saturated rings. The topological polar surface area (TPSA) is 667 Å². The molecular weight excluding hydrogens is 1300 g/mol. The number of ketones is 1. The molecule has 0 radical (unpaired) electrons. The first-order valence-corrected chi connectivity index (χ1v) is 27.0. The summed E-state index contributed by atoms with van der Waals surface area (Å²) in [4.78, 5) is 51.6. The molecule has 0 aromatic carbocycles. The number of aliphatic hydroxyl groups is 20. The van der Waals surface area contributed by atoms with Crippen molar-refractivity contribution in [3.63, 3.8) is 0 Å². The summed E-state index contributed by atoms with van der Waals surface area (Å²) < 4.78 is 62.7. The number of aliphatic carboxylic acids is 2. The summed E-state index contributed by atoms with van der Waals surface area (Å²) in [6.07, 6.45) is -42.6. The van der Waals surface area contributed by atoms with E-state index in [2.05, 4.69) is 21.7 Å². The zero-order valence-corrected chi connectivity index (χ0v) is 54.1. The standard InChI is InChI=1S/C20H35NO15.C14H25NO11.C6H11O7P.C4H6O2.C3H4O3.K.H2P/c1-5-10(25)12(27)14(29)19(32-5)35-16-8(4-23)33-18(31)9(21-6(2)24)17(16)36-20-15(30)13(28)11(26)7(3-22)34-20;1-4(18)15-7-12(9(20)6(3-17)24-13(7)23)26-14-11(22)10(21)8(19)5(2-16)25-14;7-1-2-3(8)4(9)5(10)6(12-2)13-14-11;1-3(2)4(5)6;1-2(4)3(5)6;;/h5,7-20,22-23,25-31H,3-4H2,1-2H3,(H,21,24);5-14,16-17,19-23H,2-3H2,1H3,(H,15,18);2-10H,1H2;1H2,2H3,(H,5,6);1H3,(H,5,6);;1H2/q;;;;;+1;-1/p-1/t5?,7?,8?,9-,10+,11-,12?,13?,14?,15-,16+,17+,18?,19-,20?;5?,6?,7-,8-,9+,10?,11-,12+,13?,14?;2?,3-,4+,5-,6?;;;;/m001..../s1. The van der Waals surface area contributed by atoms with E-state index in [1.165, 1.54) is 13.8 Å². The number of Topliss-reactive ketones (excluding diaryl/α,β-unsaturated/α-hetero) is 1. The minimum atomic E-state index is -1.86. The quantitative estimate of drug-likeness (QED) is 0.0278. The van der Waals surface area contributed by atoms with Gasteiger partial charge in [-0.05, 0) is 19.4 Å². The van der Waals surface area contributed by atoms with E-state index in [1.807, 2.05) is 0 Å². The molecule has 2 amide bonds. The molecule has 0 saturated carbocycles. The van der Waals surface area contributed by atoms with E-state index in [9.17, 15) is 131 Å². The SMILES string of the molecule is C=C(C)C(=O)[O-].CC(=O)C(=O)O.CC(=O)N[C@@H]1C(O)OC(CO)[C@@H](O)[C@@H]1OC1OC(CO)[C@H](O)C(O)[C@@H]1O.CC(=O)N[C@@H]1C(O)OC(CO)[C@@H](O[C@@H]2OC(C)[C@@H](O)C(O)C2O)[C@@H]1OC1OC(CO)[C@H](O)C(O)[C@@H]1O.O=POC1OC(CO)[C@@H](O)[C@H](O)[C@H]1O.[K+].[PH2-]. The van der Waals surface area contributed by atoms with Gasteiger partial charge in [0.05, 0.1) is 45.1 Å². The molecule has 0 bridgehead atoms. The van der Waals surface area contributed by atoms with Crippen LogP contribution in [0.4, 0.5) is 0 Å². The van der Waals surface area contributed by atoms with Gasteiger partial charge < -0.3 is 180 Å². The van der Waals surface area contributed by atoms with Crippen molar-refractivity contribution in [2.45, 2.75) is 219 Å². The van der Waals surface area contributed by atoms with Crippen molar-refractivity contribution in [1.29, 1.82) is 0 Å². The molecule has 6 rings (SSSR count). The van der Waals surface area contributed by atoms with E-state index in [0.717, 1.165) is 20.8 Å². The van der Waals surface area contributed by atoms with Crippen molar-refractivity contribution in [3.05, 3.63) is 12.2 Å². The molecule has 0 spiro atoms. The fourth-order valence-electron chi connectivity index (χ4n) is 8.56. The zero-order valence-electron chi connectivity index (χ0n) is 48.9. The molecule has 0 aromatic rings. The summed E-state index contributed by atoms with van der Waals surface area (Å²) in [5.41, 5.74) is 0.0648. The number of carbonyl (C=O) groups is 5. The molecule has 40 nitrogen and oxygen atoms in total. The van der Waals surface area contributed by atoms with Gasteiger partial charge in [0.25, 0.3) is 0 Å². The van der Waals surface area contributed by atoms with Crippen molar-refractivity contribution in [2.75, 3.05) is 33.0 Å². The third-order valence-corrected chi connectivity index (χ3v) is 13.8. The van der Waals surface area contributed by atoms with Gasteiger partial charge in [-0.25, -0.2) is 9.36 Å². The first kappa shape index (κ1) is 88.3. The van der Waals surface area contributed by atoms with Crippen LogP contribution in [-0.2, 0) is 75.7 Å². The third kappa shape index (κ3) is 24.7. The Morgan fingerprint density at radius 2 is 0.744 bits per heavy atom. The Hall–Kier alpha value is -1.74. The molecule has 6 aliphatic heterocycles. The largest absolute Gasteiger partial charge is 1.00 e. The van der Waals surface area contributed by atoms with Crippen LogP contribution in [0.15, 0.2) is 12.2 Å². The van der Waals surface area contributed by atoms with Gasteiger partial charge in [0, 0.05) is 20.8 Å². The summed E-state index contributed by atoms with van der Waals surface area (Å²) >= 11 is 0. The van der Waals surface area contributed by atoms with E-state index in [1.54, 1.807) is 0 Å². The van der Waals surface area contributed by atoms with E-state index < -0.39 is 255 Å². The van der Waals surface area contributed by atoms with Gasteiger partial charge in [-0.15, -0.1) is 0 Å². The summed E-state index contributed by atoms with van der Waals surface area (Å²) in [6, 6.07) is -2.70. The number of carboxylic acid groups (broad SMARTS) is 2. The number of carbonyl (C=O) groups excluding carboxylic acids is 4. The maximum atomic E-state index is 11.8. The van der Waals surface area contributed by atoms with Crippen molar-refractivity contribution in [2.24, 2.45) is 0 Å². The second-order valence-corrected chi connectivity index (χ2v) is 20.5. The second kappa shape index (κ2) is 42.0. The van der Waals surface area contributed by atoms with Crippen molar-refractivity contribution >= 4 is 48.1 Å². The first-order chi connectivity index (χ1) is 41.0. The molecule has 6 heterocycles. The van der Waals surface area contributed by atoms with Crippen LogP contribution in [0.2, 0.25) is 0 Å². The number of ether oxygens (including phenoxy) is 9. The van der Waals surface area contributed by atoms with Gasteiger partial charge in [-0.3, -0.25) is 18.9 Å². The van der Waals surface area contributed by atoms with Crippen molar-refractivity contribution in [3.8, 4) is 0 Å². The molecular formula is C47H82KN2O38P2-. The van der Waals surface area contributed by atoms with Crippen LogP contribution in [0.25, 0.3) is 0 Å². The molecule has 0 aliphatic carbocycles.